The van der Waals surface area contributed by atoms with Crippen LogP contribution in [0.15, 0.2) is 60.9 Å². The van der Waals surface area contributed by atoms with Gasteiger partial charge in [0.15, 0.2) is 0 Å². The maximum Gasteiger partial charge on any atom is 0.337 e. The fourth-order valence-electron chi connectivity index (χ4n) is 2.34. The number of carbonyl (C=O) groups excluding carboxylic acids is 1. The molecule has 0 unspecified atom stereocenters. The molecule has 0 saturated heterocycles. The number of carbonyl (C=O) groups is 1. The zero-order chi connectivity index (χ0) is 18.4. The second-order valence-corrected chi connectivity index (χ2v) is 5.84. The summed E-state index contributed by atoms with van der Waals surface area (Å²) in [6.45, 7) is 0.550. The maximum atomic E-state index is 11.6. The van der Waals surface area contributed by atoms with Crippen LogP contribution in [0.3, 0.4) is 0 Å². The minimum Gasteiger partial charge on any atom is -0.465 e. The van der Waals surface area contributed by atoms with E-state index in [1.165, 1.54) is 13.4 Å². The van der Waals surface area contributed by atoms with E-state index in [2.05, 4.69) is 20.6 Å². The summed E-state index contributed by atoms with van der Waals surface area (Å²) in [4.78, 5) is 20.0. The lowest BCUT2D eigenvalue weighted by molar-refractivity contribution is 0.0601. The molecule has 26 heavy (non-hydrogen) atoms. The highest BCUT2D eigenvalue weighted by molar-refractivity contribution is 6.31. The largest absolute Gasteiger partial charge is 0.465 e. The van der Waals surface area contributed by atoms with Crippen LogP contribution in [0.5, 0.6) is 0 Å². The molecule has 3 aromatic rings. The number of rotatable bonds is 6. The van der Waals surface area contributed by atoms with E-state index < -0.39 is 5.97 Å². The number of nitrogens with one attached hydrogen (secondary N) is 2. The third-order valence-electron chi connectivity index (χ3n) is 3.64. The molecule has 2 aromatic carbocycles. The third-order valence-corrected chi connectivity index (χ3v) is 4.01. The Morgan fingerprint density at radius 3 is 2.69 bits per heavy atom. The van der Waals surface area contributed by atoms with Gasteiger partial charge in [0, 0.05) is 23.3 Å². The van der Waals surface area contributed by atoms with Gasteiger partial charge in [-0.25, -0.2) is 14.8 Å². The fraction of sp³-hybridized carbons (Fsp3) is 0.105. The summed E-state index contributed by atoms with van der Waals surface area (Å²) in [5.74, 6) is 0.869. The van der Waals surface area contributed by atoms with Crippen LogP contribution < -0.4 is 10.6 Å². The van der Waals surface area contributed by atoms with Gasteiger partial charge in [0.2, 0.25) is 0 Å². The zero-order valence-corrected chi connectivity index (χ0v) is 14.8. The molecule has 0 radical (unpaired) electrons. The number of esters is 1. The molecule has 1 aromatic heterocycles. The Bertz CT molecular complexity index is 917. The van der Waals surface area contributed by atoms with Crippen molar-refractivity contribution in [1.29, 1.82) is 0 Å². The molecule has 0 aliphatic heterocycles. The topological polar surface area (TPSA) is 76.1 Å². The lowest BCUT2D eigenvalue weighted by atomic mass is 10.2. The first-order chi connectivity index (χ1) is 12.7. The Morgan fingerprint density at radius 2 is 1.88 bits per heavy atom. The number of halogens is 1. The molecule has 0 saturated carbocycles. The molecule has 132 valence electrons. The quantitative estimate of drug-likeness (QED) is 0.633. The van der Waals surface area contributed by atoms with Gasteiger partial charge in [-0.15, -0.1) is 0 Å². The Kier molecular flexibility index (Phi) is 5.66. The molecule has 0 amide bonds. The first-order valence-corrected chi connectivity index (χ1v) is 8.28. The molecule has 0 aliphatic rings. The van der Waals surface area contributed by atoms with Crippen molar-refractivity contribution in [1.82, 2.24) is 9.97 Å². The number of hydrogen-bond donors (Lipinski definition) is 2. The van der Waals surface area contributed by atoms with Crippen molar-refractivity contribution in [3.8, 4) is 0 Å². The van der Waals surface area contributed by atoms with Crippen LogP contribution in [-0.4, -0.2) is 23.0 Å². The van der Waals surface area contributed by atoms with Gasteiger partial charge in [-0.2, -0.15) is 0 Å². The van der Waals surface area contributed by atoms with Gasteiger partial charge in [-0.3, -0.25) is 0 Å². The van der Waals surface area contributed by atoms with Gasteiger partial charge in [0.05, 0.1) is 12.7 Å². The molecule has 0 spiro atoms. The van der Waals surface area contributed by atoms with Crippen molar-refractivity contribution in [3.05, 3.63) is 77.1 Å². The minimum absolute atomic E-state index is 0.390. The minimum atomic E-state index is -0.390. The second kappa shape index (κ2) is 8.31. The van der Waals surface area contributed by atoms with Gasteiger partial charge in [0.1, 0.15) is 18.0 Å². The zero-order valence-electron chi connectivity index (χ0n) is 14.1. The number of aromatic nitrogens is 2. The highest BCUT2D eigenvalue weighted by Crippen LogP contribution is 2.20. The van der Waals surface area contributed by atoms with E-state index in [1.807, 2.05) is 30.3 Å². The number of hydrogen-bond acceptors (Lipinski definition) is 6. The summed E-state index contributed by atoms with van der Waals surface area (Å²) < 4.78 is 4.73. The molecule has 0 bridgehead atoms. The van der Waals surface area contributed by atoms with E-state index in [-0.39, 0.29) is 0 Å². The van der Waals surface area contributed by atoms with Crippen molar-refractivity contribution in [2.24, 2.45) is 0 Å². The molecule has 0 fully saturated rings. The summed E-state index contributed by atoms with van der Waals surface area (Å²) in [6.07, 6.45) is 1.46. The monoisotopic (exact) mass is 368 g/mol. The Labute approximate surface area is 156 Å². The van der Waals surface area contributed by atoms with Gasteiger partial charge in [0.25, 0.3) is 0 Å². The van der Waals surface area contributed by atoms with Gasteiger partial charge < -0.3 is 15.4 Å². The smallest absolute Gasteiger partial charge is 0.337 e. The van der Waals surface area contributed by atoms with E-state index in [0.717, 1.165) is 11.3 Å². The number of anilines is 3. The Morgan fingerprint density at radius 1 is 1.08 bits per heavy atom. The molecular formula is C19H17ClN4O2. The van der Waals surface area contributed by atoms with Crippen LogP contribution in [0.2, 0.25) is 5.02 Å². The summed E-state index contributed by atoms with van der Waals surface area (Å²) in [6, 6.07) is 16.4. The van der Waals surface area contributed by atoms with Crippen molar-refractivity contribution in [3.63, 3.8) is 0 Å². The predicted octanol–water partition coefficient (Wildman–Crippen LogP) is 4.27. The maximum absolute atomic E-state index is 11.6. The summed E-state index contributed by atoms with van der Waals surface area (Å²) in [5, 5.41) is 7.07. The van der Waals surface area contributed by atoms with Gasteiger partial charge in [-0.1, -0.05) is 35.9 Å². The normalized spacial score (nSPS) is 10.2. The van der Waals surface area contributed by atoms with E-state index in [1.54, 1.807) is 24.3 Å². The van der Waals surface area contributed by atoms with Gasteiger partial charge in [-0.05, 0) is 29.8 Å². The molecule has 2 N–H and O–H groups in total. The highest BCUT2D eigenvalue weighted by Gasteiger charge is 2.07. The van der Waals surface area contributed by atoms with Gasteiger partial charge >= 0.3 is 5.97 Å². The lowest BCUT2D eigenvalue weighted by Crippen LogP contribution is -2.04. The summed E-state index contributed by atoms with van der Waals surface area (Å²) in [5.41, 5.74) is 2.17. The number of methoxy groups -OCH3 is 1. The third kappa shape index (κ3) is 4.49. The van der Waals surface area contributed by atoms with Crippen LogP contribution in [-0.2, 0) is 11.3 Å². The van der Waals surface area contributed by atoms with Crippen LogP contribution in [0.4, 0.5) is 17.3 Å². The molecular weight excluding hydrogens is 352 g/mol. The van der Waals surface area contributed by atoms with Crippen molar-refractivity contribution >= 4 is 34.9 Å². The average Bonchev–Trinajstić information content (AvgIpc) is 2.67. The standard InChI is InChI=1S/C19H17ClN4O2/c1-26-19(25)13-6-4-7-15(9-13)24-18-10-17(22-12-23-18)21-11-14-5-2-3-8-16(14)20/h2-10,12H,11H2,1H3,(H2,21,22,23,24). The Hall–Kier alpha value is -3.12. The number of benzene rings is 2. The molecule has 6 nitrogen and oxygen atoms in total. The fourth-order valence-corrected chi connectivity index (χ4v) is 2.54. The summed E-state index contributed by atoms with van der Waals surface area (Å²) in [7, 11) is 1.35. The Balaban J connectivity index is 1.70. The van der Waals surface area contributed by atoms with E-state index >= 15 is 0 Å². The molecule has 3 rings (SSSR count). The van der Waals surface area contributed by atoms with Crippen LogP contribution in [0, 0.1) is 0 Å². The van der Waals surface area contributed by atoms with E-state index in [9.17, 15) is 4.79 Å². The SMILES string of the molecule is COC(=O)c1cccc(Nc2cc(NCc3ccccc3Cl)ncn2)c1. The lowest BCUT2D eigenvalue weighted by Gasteiger charge is -2.10. The van der Waals surface area contributed by atoms with Crippen LogP contribution >= 0.6 is 11.6 Å². The predicted molar refractivity (Wildman–Crippen MR) is 102 cm³/mol. The molecule has 7 heteroatoms. The first kappa shape index (κ1) is 17.7. The van der Waals surface area contributed by atoms with E-state index in [4.69, 9.17) is 16.3 Å². The molecule has 0 atom stereocenters. The summed E-state index contributed by atoms with van der Waals surface area (Å²) >= 11 is 6.16. The van der Waals surface area contributed by atoms with Crippen molar-refractivity contribution < 1.29 is 9.53 Å². The van der Waals surface area contributed by atoms with Crippen LogP contribution in [0.25, 0.3) is 0 Å². The van der Waals surface area contributed by atoms with Crippen molar-refractivity contribution in [2.45, 2.75) is 6.54 Å². The van der Waals surface area contributed by atoms with E-state index in [0.29, 0.717) is 28.8 Å². The second-order valence-electron chi connectivity index (χ2n) is 5.43. The first-order valence-electron chi connectivity index (χ1n) is 7.90. The highest BCUT2D eigenvalue weighted by atomic mass is 35.5. The van der Waals surface area contributed by atoms with Crippen molar-refractivity contribution in [2.75, 3.05) is 17.7 Å². The van der Waals surface area contributed by atoms with Crippen LogP contribution in [0.1, 0.15) is 15.9 Å². The number of nitrogens with zero attached hydrogens (tertiary/aromatic N) is 2. The average molecular weight is 369 g/mol. The molecule has 0 aliphatic carbocycles. The number of ether oxygens (including phenoxy) is 1. The molecule has 1 heterocycles.